The van der Waals surface area contributed by atoms with Gasteiger partial charge < -0.3 is 15.1 Å². The Morgan fingerprint density at radius 1 is 1.38 bits per heavy atom. The summed E-state index contributed by atoms with van der Waals surface area (Å²) in [6, 6.07) is 7.76. The third-order valence-corrected chi connectivity index (χ3v) is 4.48. The number of aryl methyl sites for hydroxylation is 1. The predicted octanol–water partition coefficient (Wildman–Crippen LogP) is 2.38. The summed E-state index contributed by atoms with van der Waals surface area (Å²) in [5.41, 5.74) is 2.02. The lowest BCUT2D eigenvalue weighted by atomic mass is 9.94. The molecule has 0 amide bonds. The summed E-state index contributed by atoms with van der Waals surface area (Å²) >= 11 is 6.05. The minimum atomic E-state index is -0.513. The molecule has 2 aromatic rings. The van der Waals surface area contributed by atoms with Crippen molar-refractivity contribution in [3.63, 3.8) is 0 Å². The van der Waals surface area contributed by atoms with Crippen molar-refractivity contribution in [3.05, 3.63) is 34.9 Å². The molecule has 3 rings (SSSR count). The number of β-amino-alcohol motifs (C(OH)–C–C–N with tert-alkyl or cyclic N) is 1. The van der Waals surface area contributed by atoms with E-state index in [4.69, 9.17) is 11.6 Å². The number of aliphatic hydroxyl groups is 2. The number of nitrogens with zero attached hydrogens (tertiary/aromatic N) is 2. The molecule has 1 aliphatic heterocycles. The Kier molecular flexibility index (Phi) is 4.02. The van der Waals surface area contributed by atoms with Gasteiger partial charge in [0, 0.05) is 36.0 Å². The molecular formula is C16H19ClN2O2. The van der Waals surface area contributed by atoms with Crippen molar-refractivity contribution < 1.29 is 10.2 Å². The van der Waals surface area contributed by atoms with Crippen LogP contribution in [0.1, 0.15) is 12.0 Å². The van der Waals surface area contributed by atoms with E-state index in [1.54, 1.807) is 0 Å². The molecule has 1 aromatic heterocycles. The number of halogens is 1. The maximum atomic E-state index is 10.1. The van der Waals surface area contributed by atoms with E-state index in [0.29, 0.717) is 11.6 Å². The standard InChI is InChI=1S/C16H19ClN2O2/c1-10-6-16(18-14-7-12(17)2-3-13(10)14)19-5-4-11(9-20)15(21)8-19/h2-3,6-7,11,15,20-21H,4-5,8-9H2,1H3/t11-,15-/m1/s1. The van der Waals surface area contributed by atoms with Gasteiger partial charge in [0.15, 0.2) is 0 Å². The Hall–Kier alpha value is -1.36. The Morgan fingerprint density at radius 3 is 2.90 bits per heavy atom. The van der Waals surface area contributed by atoms with Crippen molar-refractivity contribution in [1.29, 1.82) is 0 Å². The SMILES string of the molecule is Cc1cc(N2CC[C@H](CO)[C@H](O)C2)nc2cc(Cl)ccc12. The van der Waals surface area contributed by atoms with Gasteiger partial charge in [-0.3, -0.25) is 0 Å². The summed E-state index contributed by atoms with van der Waals surface area (Å²) in [7, 11) is 0. The highest BCUT2D eigenvalue weighted by molar-refractivity contribution is 6.31. The fourth-order valence-corrected chi connectivity index (χ4v) is 3.09. The molecule has 0 unspecified atom stereocenters. The molecule has 1 saturated heterocycles. The number of pyridine rings is 1. The third-order valence-electron chi connectivity index (χ3n) is 4.25. The van der Waals surface area contributed by atoms with Crippen LogP contribution in [0.5, 0.6) is 0 Å². The van der Waals surface area contributed by atoms with Crippen LogP contribution in [0.4, 0.5) is 5.82 Å². The Balaban J connectivity index is 1.94. The molecule has 0 saturated carbocycles. The van der Waals surface area contributed by atoms with E-state index >= 15 is 0 Å². The van der Waals surface area contributed by atoms with Crippen molar-refractivity contribution in [2.75, 3.05) is 24.6 Å². The lowest BCUT2D eigenvalue weighted by Crippen LogP contribution is -2.45. The summed E-state index contributed by atoms with van der Waals surface area (Å²) < 4.78 is 0. The lowest BCUT2D eigenvalue weighted by Gasteiger charge is -2.36. The molecule has 1 fully saturated rings. The van der Waals surface area contributed by atoms with Crippen LogP contribution in [0.25, 0.3) is 10.9 Å². The van der Waals surface area contributed by atoms with Crippen molar-refractivity contribution in [1.82, 2.24) is 4.98 Å². The van der Waals surface area contributed by atoms with E-state index in [0.717, 1.165) is 35.2 Å². The van der Waals surface area contributed by atoms with Gasteiger partial charge in [-0.15, -0.1) is 0 Å². The Bertz CT molecular complexity index is 662. The second kappa shape index (κ2) is 5.79. The van der Waals surface area contributed by atoms with Crippen LogP contribution in [0.2, 0.25) is 5.02 Å². The number of hydrogen-bond acceptors (Lipinski definition) is 4. The highest BCUT2D eigenvalue weighted by Gasteiger charge is 2.27. The zero-order valence-electron chi connectivity index (χ0n) is 12.0. The molecular weight excluding hydrogens is 288 g/mol. The first-order chi connectivity index (χ1) is 10.1. The van der Waals surface area contributed by atoms with Gasteiger partial charge in [-0.1, -0.05) is 17.7 Å². The molecule has 0 radical (unpaired) electrons. The normalized spacial score (nSPS) is 22.8. The highest BCUT2D eigenvalue weighted by atomic mass is 35.5. The van der Waals surface area contributed by atoms with Crippen LogP contribution in [-0.4, -0.2) is 41.0 Å². The zero-order valence-corrected chi connectivity index (χ0v) is 12.7. The number of fused-ring (bicyclic) bond motifs is 1. The van der Waals surface area contributed by atoms with Gasteiger partial charge in [-0.05, 0) is 37.1 Å². The van der Waals surface area contributed by atoms with E-state index in [9.17, 15) is 10.2 Å². The van der Waals surface area contributed by atoms with Crippen molar-refractivity contribution >= 4 is 28.3 Å². The van der Waals surface area contributed by atoms with Gasteiger partial charge >= 0.3 is 0 Å². The largest absolute Gasteiger partial charge is 0.396 e. The maximum absolute atomic E-state index is 10.1. The molecule has 0 bridgehead atoms. The number of hydrogen-bond donors (Lipinski definition) is 2. The number of piperidine rings is 1. The average Bonchev–Trinajstić information content (AvgIpc) is 2.46. The summed E-state index contributed by atoms with van der Waals surface area (Å²) in [6.45, 7) is 3.39. The van der Waals surface area contributed by atoms with Crippen LogP contribution < -0.4 is 4.90 Å². The molecule has 5 heteroatoms. The van der Waals surface area contributed by atoms with Gasteiger partial charge in [0.05, 0.1) is 11.6 Å². The average molecular weight is 307 g/mol. The summed E-state index contributed by atoms with van der Waals surface area (Å²) in [5, 5.41) is 21.1. The molecule has 0 aliphatic carbocycles. The number of aliphatic hydroxyl groups excluding tert-OH is 2. The zero-order chi connectivity index (χ0) is 15.0. The van der Waals surface area contributed by atoms with E-state index < -0.39 is 6.10 Å². The molecule has 2 heterocycles. The van der Waals surface area contributed by atoms with E-state index in [2.05, 4.69) is 16.8 Å². The minimum absolute atomic E-state index is 0.0303. The molecule has 2 N–H and O–H groups in total. The van der Waals surface area contributed by atoms with Gasteiger partial charge in [0.25, 0.3) is 0 Å². The molecule has 0 spiro atoms. The second-order valence-corrected chi connectivity index (χ2v) is 6.14. The monoisotopic (exact) mass is 306 g/mol. The fourth-order valence-electron chi connectivity index (χ4n) is 2.92. The van der Waals surface area contributed by atoms with Crippen LogP contribution in [-0.2, 0) is 0 Å². The number of benzene rings is 1. The molecule has 1 aliphatic rings. The van der Waals surface area contributed by atoms with Crippen LogP contribution >= 0.6 is 11.6 Å². The van der Waals surface area contributed by atoms with E-state index in [1.165, 1.54) is 0 Å². The van der Waals surface area contributed by atoms with E-state index in [-0.39, 0.29) is 12.5 Å². The van der Waals surface area contributed by atoms with Crippen LogP contribution in [0.15, 0.2) is 24.3 Å². The lowest BCUT2D eigenvalue weighted by molar-refractivity contribution is 0.0546. The summed E-state index contributed by atoms with van der Waals surface area (Å²) in [4.78, 5) is 6.75. The second-order valence-electron chi connectivity index (χ2n) is 5.70. The molecule has 4 nitrogen and oxygen atoms in total. The van der Waals surface area contributed by atoms with Crippen molar-refractivity contribution in [2.45, 2.75) is 19.4 Å². The topological polar surface area (TPSA) is 56.6 Å². The van der Waals surface area contributed by atoms with E-state index in [1.807, 2.05) is 24.3 Å². The van der Waals surface area contributed by atoms with Gasteiger partial charge in [0.1, 0.15) is 5.82 Å². The number of aromatic nitrogens is 1. The van der Waals surface area contributed by atoms with Gasteiger partial charge in [0.2, 0.25) is 0 Å². The van der Waals surface area contributed by atoms with Crippen LogP contribution in [0.3, 0.4) is 0 Å². The Morgan fingerprint density at radius 2 is 2.19 bits per heavy atom. The first kappa shape index (κ1) is 14.6. The smallest absolute Gasteiger partial charge is 0.129 e. The molecule has 21 heavy (non-hydrogen) atoms. The predicted molar refractivity (Wildman–Crippen MR) is 84.9 cm³/mol. The van der Waals surface area contributed by atoms with Gasteiger partial charge in [-0.25, -0.2) is 4.98 Å². The minimum Gasteiger partial charge on any atom is -0.396 e. The maximum Gasteiger partial charge on any atom is 0.129 e. The highest BCUT2D eigenvalue weighted by Crippen LogP contribution is 2.27. The quantitative estimate of drug-likeness (QED) is 0.894. The third kappa shape index (κ3) is 2.84. The number of rotatable bonds is 2. The molecule has 112 valence electrons. The first-order valence-electron chi connectivity index (χ1n) is 7.19. The summed E-state index contributed by atoms with van der Waals surface area (Å²) in [5.74, 6) is 0.829. The Labute approximate surface area is 129 Å². The van der Waals surface area contributed by atoms with Gasteiger partial charge in [-0.2, -0.15) is 0 Å². The van der Waals surface area contributed by atoms with Crippen molar-refractivity contribution in [2.24, 2.45) is 5.92 Å². The fraction of sp³-hybridized carbons (Fsp3) is 0.438. The van der Waals surface area contributed by atoms with Crippen molar-refractivity contribution in [3.8, 4) is 0 Å². The first-order valence-corrected chi connectivity index (χ1v) is 7.57. The number of anilines is 1. The van der Waals surface area contributed by atoms with Crippen LogP contribution in [0, 0.1) is 12.8 Å². The molecule has 1 aromatic carbocycles. The molecule has 2 atom stereocenters. The summed E-state index contributed by atoms with van der Waals surface area (Å²) in [6.07, 6.45) is 0.257.